The summed E-state index contributed by atoms with van der Waals surface area (Å²) in [6, 6.07) is 5.95. The van der Waals surface area contributed by atoms with E-state index in [0.717, 1.165) is 31.2 Å². The highest BCUT2D eigenvalue weighted by atomic mass is 16.6. The lowest BCUT2D eigenvalue weighted by molar-refractivity contribution is -0.161. The maximum atomic E-state index is 12.2. The molecule has 0 aromatic heterocycles. The van der Waals surface area contributed by atoms with Crippen molar-refractivity contribution >= 4 is 17.6 Å². The Morgan fingerprint density at radius 3 is 2.36 bits per heavy atom. The van der Waals surface area contributed by atoms with Gasteiger partial charge >= 0.3 is 11.9 Å². The van der Waals surface area contributed by atoms with Crippen molar-refractivity contribution in [2.45, 2.75) is 70.8 Å². The number of rotatable bonds is 5. The van der Waals surface area contributed by atoms with Crippen molar-refractivity contribution in [3.05, 3.63) is 29.3 Å². The molecule has 0 heterocycles. The zero-order chi connectivity index (χ0) is 18.6. The Labute approximate surface area is 149 Å². The molecule has 1 aromatic carbocycles. The van der Waals surface area contributed by atoms with Crippen molar-refractivity contribution in [3.63, 3.8) is 0 Å². The molecule has 0 atom stereocenters. The molecule has 1 aliphatic carbocycles. The monoisotopic (exact) mass is 347 g/mol. The second-order valence-corrected chi connectivity index (χ2v) is 7.93. The number of aliphatic carboxylic acids is 1. The van der Waals surface area contributed by atoms with E-state index in [0.29, 0.717) is 18.0 Å². The van der Waals surface area contributed by atoms with Gasteiger partial charge in [-0.15, -0.1) is 0 Å². The molecule has 0 radical (unpaired) electrons. The van der Waals surface area contributed by atoms with Crippen molar-refractivity contribution in [3.8, 4) is 0 Å². The number of carboxylic acid groups (broad SMARTS) is 1. The minimum atomic E-state index is -0.816. The number of esters is 1. The molecule has 0 unspecified atom stereocenters. The smallest absolute Gasteiger partial charge is 0.309 e. The highest BCUT2D eigenvalue weighted by molar-refractivity contribution is 5.73. The Morgan fingerprint density at radius 1 is 1.20 bits per heavy atom. The number of aryl methyl sites for hydroxylation is 1. The summed E-state index contributed by atoms with van der Waals surface area (Å²) in [5.74, 6) is -0.518. The predicted octanol–water partition coefficient (Wildman–Crippen LogP) is 3.90. The topological polar surface area (TPSA) is 89.6 Å². The third kappa shape index (κ3) is 5.76. The van der Waals surface area contributed by atoms with Crippen LogP contribution >= 0.6 is 0 Å². The first-order valence-electron chi connectivity index (χ1n) is 8.98. The molecular formula is C20H29NO4. The summed E-state index contributed by atoms with van der Waals surface area (Å²) >= 11 is 0. The van der Waals surface area contributed by atoms with E-state index < -0.39 is 11.6 Å². The maximum Gasteiger partial charge on any atom is 0.309 e. The van der Waals surface area contributed by atoms with E-state index in [1.165, 1.54) is 5.56 Å². The molecule has 1 saturated carbocycles. The standard InChI is InChI=1S/C20H29NO4/c1-20(2,3)25-19(24)15-7-4-13(5-8-15)16-9-6-14(17(21)12-16)10-11-18(22)23/h6,9,12-13,15H,4-5,7-8,10-11,21H2,1-3H3,(H,22,23). The molecule has 1 fully saturated rings. The number of nitrogen functional groups attached to an aromatic ring is 1. The Hall–Kier alpha value is -2.04. The van der Waals surface area contributed by atoms with Crippen LogP contribution in [-0.4, -0.2) is 22.6 Å². The fraction of sp³-hybridized carbons (Fsp3) is 0.600. The van der Waals surface area contributed by atoms with Gasteiger partial charge in [-0.05, 0) is 76.0 Å². The Balaban J connectivity index is 1.93. The van der Waals surface area contributed by atoms with Crippen LogP contribution in [0.15, 0.2) is 18.2 Å². The Kier molecular flexibility index (Phi) is 6.09. The summed E-state index contributed by atoms with van der Waals surface area (Å²) in [4.78, 5) is 22.9. The van der Waals surface area contributed by atoms with Crippen LogP contribution in [0.1, 0.15) is 69.9 Å². The number of carbonyl (C=O) groups is 2. The summed E-state index contributed by atoms with van der Waals surface area (Å²) in [6.07, 6.45) is 4.09. The van der Waals surface area contributed by atoms with Crippen molar-refractivity contribution in [1.29, 1.82) is 0 Å². The average molecular weight is 347 g/mol. The third-order valence-corrected chi connectivity index (χ3v) is 4.72. The van der Waals surface area contributed by atoms with Gasteiger partial charge in [-0.1, -0.05) is 12.1 Å². The van der Waals surface area contributed by atoms with Crippen molar-refractivity contribution in [2.24, 2.45) is 5.92 Å². The van der Waals surface area contributed by atoms with E-state index in [1.807, 2.05) is 39.0 Å². The van der Waals surface area contributed by atoms with Crippen LogP contribution in [0.5, 0.6) is 0 Å². The minimum absolute atomic E-state index is 0.0114. The van der Waals surface area contributed by atoms with Gasteiger partial charge in [0.15, 0.2) is 0 Å². The summed E-state index contributed by atoms with van der Waals surface area (Å²) in [7, 11) is 0. The first-order chi connectivity index (χ1) is 11.7. The fourth-order valence-electron chi connectivity index (χ4n) is 3.38. The largest absolute Gasteiger partial charge is 0.481 e. The lowest BCUT2D eigenvalue weighted by atomic mass is 9.78. The van der Waals surface area contributed by atoms with Gasteiger partial charge < -0.3 is 15.6 Å². The molecule has 25 heavy (non-hydrogen) atoms. The number of hydrogen-bond donors (Lipinski definition) is 2. The van der Waals surface area contributed by atoms with Crippen molar-refractivity contribution < 1.29 is 19.4 Å². The van der Waals surface area contributed by atoms with Gasteiger partial charge in [0.05, 0.1) is 5.92 Å². The lowest BCUT2D eigenvalue weighted by Gasteiger charge is -2.30. The predicted molar refractivity (Wildman–Crippen MR) is 97.4 cm³/mol. The number of anilines is 1. The molecule has 0 spiro atoms. The van der Waals surface area contributed by atoms with Crippen LogP contribution < -0.4 is 5.73 Å². The number of nitrogens with two attached hydrogens (primary N) is 1. The third-order valence-electron chi connectivity index (χ3n) is 4.72. The van der Waals surface area contributed by atoms with Crippen molar-refractivity contribution in [1.82, 2.24) is 0 Å². The summed E-state index contributed by atoms with van der Waals surface area (Å²) < 4.78 is 5.49. The van der Waals surface area contributed by atoms with E-state index in [-0.39, 0.29) is 18.3 Å². The first-order valence-corrected chi connectivity index (χ1v) is 8.98. The molecule has 138 valence electrons. The van der Waals surface area contributed by atoms with Crippen LogP contribution in [0, 0.1) is 5.92 Å². The molecule has 0 bridgehead atoms. The molecule has 5 nitrogen and oxygen atoms in total. The highest BCUT2D eigenvalue weighted by Crippen LogP contribution is 2.37. The van der Waals surface area contributed by atoms with Gasteiger partial charge in [-0.2, -0.15) is 0 Å². The van der Waals surface area contributed by atoms with Crippen LogP contribution in [-0.2, 0) is 20.7 Å². The average Bonchev–Trinajstić information content (AvgIpc) is 2.52. The van der Waals surface area contributed by atoms with E-state index in [4.69, 9.17) is 15.6 Å². The number of benzene rings is 1. The van der Waals surface area contributed by atoms with E-state index in [2.05, 4.69) is 0 Å². The number of hydrogen-bond acceptors (Lipinski definition) is 4. The number of ether oxygens (including phenoxy) is 1. The van der Waals surface area contributed by atoms with Crippen LogP contribution in [0.4, 0.5) is 5.69 Å². The summed E-state index contributed by atoms with van der Waals surface area (Å²) in [5.41, 5.74) is 8.38. The van der Waals surface area contributed by atoms with E-state index in [1.54, 1.807) is 0 Å². The van der Waals surface area contributed by atoms with Gasteiger partial charge in [-0.3, -0.25) is 9.59 Å². The molecule has 5 heteroatoms. The summed E-state index contributed by atoms with van der Waals surface area (Å²) in [5, 5.41) is 8.79. The molecule has 1 aliphatic rings. The van der Waals surface area contributed by atoms with Crippen molar-refractivity contribution in [2.75, 3.05) is 5.73 Å². The highest BCUT2D eigenvalue weighted by Gasteiger charge is 2.30. The zero-order valence-corrected chi connectivity index (χ0v) is 15.4. The molecule has 2 rings (SSSR count). The number of carboxylic acids is 1. The van der Waals surface area contributed by atoms with E-state index >= 15 is 0 Å². The maximum absolute atomic E-state index is 12.2. The minimum Gasteiger partial charge on any atom is -0.481 e. The quantitative estimate of drug-likeness (QED) is 0.623. The fourth-order valence-corrected chi connectivity index (χ4v) is 3.38. The molecular weight excluding hydrogens is 318 g/mol. The lowest BCUT2D eigenvalue weighted by Crippen LogP contribution is -2.30. The zero-order valence-electron chi connectivity index (χ0n) is 15.4. The van der Waals surface area contributed by atoms with E-state index in [9.17, 15) is 9.59 Å². The molecule has 3 N–H and O–H groups in total. The second-order valence-electron chi connectivity index (χ2n) is 7.93. The first kappa shape index (κ1) is 19.3. The van der Waals surface area contributed by atoms with Crippen LogP contribution in [0.3, 0.4) is 0 Å². The molecule has 0 amide bonds. The van der Waals surface area contributed by atoms with Crippen LogP contribution in [0.25, 0.3) is 0 Å². The Morgan fingerprint density at radius 2 is 1.84 bits per heavy atom. The molecule has 1 aromatic rings. The summed E-state index contributed by atoms with van der Waals surface area (Å²) in [6.45, 7) is 5.68. The molecule has 0 saturated heterocycles. The SMILES string of the molecule is CC(C)(C)OC(=O)C1CCC(c2ccc(CCC(=O)O)c(N)c2)CC1. The molecule has 0 aliphatic heterocycles. The van der Waals surface area contributed by atoms with Gasteiger partial charge in [0.2, 0.25) is 0 Å². The Bertz CT molecular complexity index is 625. The van der Waals surface area contributed by atoms with Gasteiger partial charge in [0.25, 0.3) is 0 Å². The van der Waals surface area contributed by atoms with Gasteiger partial charge in [0, 0.05) is 12.1 Å². The van der Waals surface area contributed by atoms with Crippen LogP contribution in [0.2, 0.25) is 0 Å². The number of carbonyl (C=O) groups excluding carboxylic acids is 1. The second kappa shape index (κ2) is 7.89. The van der Waals surface area contributed by atoms with Gasteiger partial charge in [-0.25, -0.2) is 0 Å². The normalized spacial score (nSPS) is 20.9. The van der Waals surface area contributed by atoms with Gasteiger partial charge in [0.1, 0.15) is 5.60 Å².